The third kappa shape index (κ3) is 4.14. The Balaban J connectivity index is 0.00000144. The smallest absolute Gasteiger partial charge is 0.464 e. The summed E-state index contributed by atoms with van der Waals surface area (Å²) in [6, 6.07) is 10.2. The van der Waals surface area contributed by atoms with Crippen LogP contribution in [0.15, 0.2) is 24.3 Å². The van der Waals surface area contributed by atoms with Gasteiger partial charge in [0.05, 0.1) is 17.1 Å². The number of benzene rings is 1. The Morgan fingerprint density at radius 3 is 2.11 bits per heavy atom. The molecule has 0 saturated carbocycles. The Labute approximate surface area is 134 Å². The third-order valence-corrected chi connectivity index (χ3v) is 2.34. The zero-order valence-corrected chi connectivity index (χ0v) is 14.0. The maximum Gasteiger partial charge on any atom is 3.00 e. The fraction of sp³-hybridized carbons (Fsp3) is 0.214. The second-order valence-electron chi connectivity index (χ2n) is 3.62. The first-order chi connectivity index (χ1) is 7.66. The van der Waals surface area contributed by atoms with Crippen molar-refractivity contribution in [1.82, 2.24) is 9.97 Å². The molecule has 0 atom stereocenters. The molecular weight excluding hydrogens is 301 g/mol. The standard InChI is InChI=1S/C13H13N2O.CH3.Y/c1-9-10(2)15-13(11(3)14-9)16-12-7-5-4-6-8-12;;/h5-8H,1-3H3;1H3;/q2*-1;+3. The van der Waals surface area contributed by atoms with Gasteiger partial charge in [-0.25, -0.2) is 4.98 Å². The van der Waals surface area contributed by atoms with E-state index in [1.807, 2.05) is 32.9 Å². The Morgan fingerprint density at radius 2 is 1.50 bits per heavy atom. The first-order valence-electron chi connectivity index (χ1n) is 5.12. The molecule has 0 aliphatic heterocycles. The monoisotopic (exact) mass is 317 g/mol. The summed E-state index contributed by atoms with van der Waals surface area (Å²) in [7, 11) is 0. The van der Waals surface area contributed by atoms with Crippen molar-refractivity contribution in [2.75, 3.05) is 0 Å². The van der Waals surface area contributed by atoms with Crippen molar-refractivity contribution in [2.24, 2.45) is 0 Å². The van der Waals surface area contributed by atoms with Gasteiger partial charge in [-0.2, -0.15) is 18.2 Å². The zero-order chi connectivity index (χ0) is 11.5. The molecule has 2 rings (SSSR count). The molecule has 0 fully saturated rings. The number of ether oxygens (including phenoxy) is 1. The molecule has 3 nitrogen and oxygen atoms in total. The molecule has 0 amide bonds. The molecular formula is C14H16N2OY+. The fourth-order valence-corrected chi connectivity index (χ4v) is 1.34. The van der Waals surface area contributed by atoms with Crippen LogP contribution in [-0.4, -0.2) is 9.97 Å². The van der Waals surface area contributed by atoms with Gasteiger partial charge in [0, 0.05) is 5.75 Å². The summed E-state index contributed by atoms with van der Waals surface area (Å²) < 4.78 is 5.65. The van der Waals surface area contributed by atoms with E-state index in [1.165, 1.54) is 0 Å². The van der Waals surface area contributed by atoms with E-state index in [1.54, 1.807) is 12.1 Å². The van der Waals surface area contributed by atoms with Crippen LogP contribution in [0.2, 0.25) is 0 Å². The first kappa shape index (κ1) is 17.2. The number of aryl methyl sites for hydroxylation is 3. The van der Waals surface area contributed by atoms with Gasteiger partial charge in [-0.15, -0.1) is 12.1 Å². The van der Waals surface area contributed by atoms with Gasteiger partial charge in [-0.3, -0.25) is 4.98 Å². The second-order valence-corrected chi connectivity index (χ2v) is 3.62. The normalized spacial score (nSPS) is 9.06. The fourth-order valence-electron chi connectivity index (χ4n) is 1.34. The van der Waals surface area contributed by atoms with E-state index in [9.17, 15) is 0 Å². The van der Waals surface area contributed by atoms with Crippen LogP contribution >= 0.6 is 0 Å². The summed E-state index contributed by atoms with van der Waals surface area (Å²) in [5.41, 5.74) is 2.63. The molecule has 0 aliphatic carbocycles. The van der Waals surface area contributed by atoms with Crippen LogP contribution in [-0.2, 0) is 32.7 Å². The van der Waals surface area contributed by atoms with E-state index in [-0.39, 0.29) is 40.1 Å². The van der Waals surface area contributed by atoms with Crippen molar-refractivity contribution in [3.8, 4) is 11.6 Å². The van der Waals surface area contributed by atoms with E-state index in [2.05, 4.69) is 16.0 Å². The number of rotatable bonds is 2. The van der Waals surface area contributed by atoms with Crippen LogP contribution in [0.4, 0.5) is 0 Å². The van der Waals surface area contributed by atoms with E-state index in [4.69, 9.17) is 4.74 Å². The maximum absolute atomic E-state index is 5.65. The van der Waals surface area contributed by atoms with E-state index in [0.717, 1.165) is 22.8 Å². The van der Waals surface area contributed by atoms with Gasteiger partial charge in [-0.1, -0.05) is 0 Å². The van der Waals surface area contributed by atoms with Crippen molar-refractivity contribution in [2.45, 2.75) is 20.8 Å². The molecule has 0 radical (unpaired) electrons. The SMILES string of the molecule is Cc1nc(C)c(Oc2cc[c-]cc2)nc1C.[CH3-].[Y+3]. The minimum Gasteiger partial charge on any atom is -0.464 e. The van der Waals surface area contributed by atoms with Crippen LogP contribution < -0.4 is 4.74 Å². The molecule has 0 bridgehead atoms. The molecule has 1 aromatic heterocycles. The van der Waals surface area contributed by atoms with Gasteiger partial charge in [0.1, 0.15) is 0 Å². The van der Waals surface area contributed by atoms with Gasteiger partial charge < -0.3 is 12.2 Å². The maximum atomic E-state index is 5.65. The van der Waals surface area contributed by atoms with Crippen molar-refractivity contribution in [3.63, 3.8) is 0 Å². The molecule has 0 N–H and O–H groups in total. The Bertz CT molecular complexity index is 501. The Hall–Kier alpha value is -0.796. The van der Waals surface area contributed by atoms with Gasteiger partial charge in [0.15, 0.2) is 0 Å². The van der Waals surface area contributed by atoms with Crippen molar-refractivity contribution < 1.29 is 37.4 Å². The summed E-state index contributed by atoms with van der Waals surface area (Å²) >= 11 is 0. The zero-order valence-electron chi connectivity index (χ0n) is 11.2. The molecule has 2 aromatic rings. The van der Waals surface area contributed by atoms with Gasteiger partial charge in [-0.05, 0) is 20.8 Å². The average molecular weight is 317 g/mol. The predicted octanol–water partition coefficient (Wildman–Crippen LogP) is 3.44. The van der Waals surface area contributed by atoms with Crippen LogP contribution in [0.5, 0.6) is 11.6 Å². The van der Waals surface area contributed by atoms with Gasteiger partial charge in [0.25, 0.3) is 0 Å². The summed E-state index contributed by atoms with van der Waals surface area (Å²) in [5, 5.41) is 0. The van der Waals surface area contributed by atoms with E-state index in [0.29, 0.717) is 5.88 Å². The molecule has 0 aliphatic rings. The Morgan fingerprint density at radius 1 is 0.944 bits per heavy atom. The molecule has 0 spiro atoms. The summed E-state index contributed by atoms with van der Waals surface area (Å²) in [4.78, 5) is 8.75. The van der Waals surface area contributed by atoms with E-state index >= 15 is 0 Å². The molecule has 0 unspecified atom stereocenters. The van der Waals surface area contributed by atoms with Crippen LogP contribution in [0, 0.1) is 34.3 Å². The van der Waals surface area contributed by atoms with Crippen molar-refractivity contribution in [1.29, 1.82) is 0 Å². The van der Waals surface area contributed by atoms with Crippen LogP contribution in [0.1, 0.15) is 17.1 Å². The van der Waals surface area contributed by atoms with Gasteiger partial charge in [0.2, 0.25) is 5.88 Å². The molecule has 4 heteroatoms. The first-order valence-corrected chi connectivity index (χ1v) is 5.12. The molecule has 1 aromatic carbocycles. The topological polar surface area (TPSA) is 35.0 Å². The molecule has 1 heterocycles. The minimum absolute atomic E-state index is 0. The van der Waals surface area contributed by atoms with Crippen LogP contribution in [0.25, 0.3) is 0 Å². The average Bonchev–Trinajstić information content (AvgIpc) is 2.27. The van der Waals surface area contributed by atoms with Crippen molar-refractivity contribution >= 4 is 0 Å². The van der Waals surface area contributed by atoms with Gasteiger partial charge >= 0.3 is 32.7 Å². The second kappa shape index (κ2) is 7.60. The van der Waals surface area contributed by atoms with E-state index < -0.39 is 0 Å². The summed E-state index contributed by atoms with van der Waals surface area (Å²) in [6.45, 7) is 5.76. The third-order valence-electron chi connectivity index (χ3n) is 2.34. The Kier molecular flexibility index (Phi) is 7.26. The predicted molar refractivity (Wildman–Crippen MR) is 68.0 cm³/mol. The summed E-state index contributed by atoms with van der Waals surface area (Å²) in [5.74, 6) is 1.31. The molecule has 0 saturated heterocycles. The number of hydrogen-bond donors (Lipinski definition) is 0. The largest absolute Gasteiger partial charge is 3.00 e. The molecule has 18 heavy (non-hydrogen) atoms. The quantitative estimate of drug-likeness (QED) is 0.796. The molecule has 90 valence electrons. The number of nitrogens with zero attached hydrogens (tertiary/aromatic N) is 2. The van der Waals surface area contributed by atoms with Crippen LogP contribution in [0.3, 0.4) is 0 Å². The number of hydrogen-bond acceptors (Lipinski definition) is 3. The minimum atomic E-state index is 0. The van der Waals surface area contributed by atoms with Crippen molar-refractivity contribution in [3.05, 3.63) is 54.8 Å². The summed E-state index contributed by atoms with van der Waals surface area (Å²) in [6.07, 6.45) is 0. The number of aromatic nitrogens is 2.